The lowest BCUT2D eigenvalue weighted by molar-refractivity contribution is 0.552. The Kier molecular flexibility index (Phi) is 1.87. The first-order valence-corrected chi connectivity index (χ1v) is 5.56. The predicted octanol–water partition coefficient (Wildman–Crippen LogP) is 1.31. The molecule has 1 aromatic rings. The highest BCUT2D eigenvalue weighted by Crippen LogP contribution is 2.51. The maximum atomic E-state index is 4.36. The van der Waals surface area contributed by atoms with Crippen LogP contribution in [-0.2, 0) is 13.6 Å². The van der Waals surface area contributed by atoms with Gasteiger partial charge in [0, 0.05) is 25.8 Å². The zero-order chi connectivity index (χ0) is 9.54. The normalized spacial score (nSPS) is 34.5. The molecule has 2 aliphatic rings. The third-order valence-corrected chi connectivity index (χ3v) is 3.69. The Morgan fingerprint density at radius 3 is 2.93 bits per heavy atom. The van der Waals surface area contributed by atoms with Crippen LogP contribution in [0.4, 0.5) is 0 Å². The standard InChI is InChI=1S/C11H17N3/c1-14-6-5-8(13-14)7-12-11-9-3-2-4-10(9)11/h5-6,9-12H,2-4,7H2,1H3. The lowest BCUT2D eigenvalue weighted by Gasteiger charge is -2.03. The third kappa shape index (κ3) is 1.36. The first-order valence-electron chi connectivity index (χ1n) is 5.56. The molecule has 2 unspecified atom stereocenters. The van der Waals surface area contributed by atoms with Gasteiger partial charge in [-0.1, -0.05) is 6.42 Å². The Labute approximate surface area is 84.5 Å². The Morgan fingerprint density at radius 1 is 1.50 bits per heavy atom. The van der Waals surface area contributed by atoms with Crippen LogP contribution in [0.5, 0.6) is 0 Å². The summed E-state index contributed by atoms with van der Waals surface area (Å²) >= 11 is 0. The van der Waals surface area contributed by atoms with Crippen LogP contribution in [-0.4, -0.2) is 15.8 Å². The van der Waals surface area contributed by atoms with Crippen LogP contribution in [0.3, 0.4) is 0 Å². The lowest BCUT2D eigenvalue weighted by Crippen LogP contribution is -2.20. The molecule has 0 amide bonds. The van der Waals surface area contributed by atoms with Crippen LogP contribution < -0.4 is 5.32 Å². The van der Waals surface area contributed by atoms with E-state index < -0.39 is 0 Å². The van der Waals surface area contributed by atoms with Crippen molar-refractivity contribution in [3.63, 3.8) is 0 Å². The molecule has 2 atom stereocenters. The second-order valence-corrected chi connectivity index (χ2v) is 4.65. The van der Waals surface area contributed by atoms with Crippen molar-refractivity contribution in [3.8, 4) is 0 Å². The molecule has 3 rings (SSSR count). The average Bonchev–Trinajstić information content (AvgIpc) is 2.59. The number of nitrogens with zero attached hydrogens (tertiary/aromatic N) is 2. The van der Waals surface area contributed by atoms with E-state index in [9.17, 15) is 0 Å². The van der Waals surface area contributed by atoms with E-state index in [4.69, 9.17) is 0 Å². The molecule has 2 saturated carbocycles. The molecular weight excluding hydrogens is 174 g/mol. The highest BCUT2D eigenvalue weighted by molar-refractivity contribution is 5.08. The van der Waals surface area contributed by atoms with Gasteiger partial charge < -0.3 is 5.32 Å². The van der Waals surface area contributed by atoms with Crippen LogP contribution in [0.2, 0.25) is 0 Å². The Balaban J connectivity index is 1.51. The largest absolute Gasteiger partial charge is 0.308 e. The number of hydrogen-bond donors (Lipinski definition) is 1. The van der Waals surface area contributed by atoms with E-state index in [1.54, 1.807) is 0 Å². The molecule has 1 aromatic heterocycles. The van der Waals surface area contributed by atoms with Gasteiger partial charge in [0.05, 0.1) is 5.69 Å². The molecule has 0 aromatic carbocycles. The number of nitrogens with one attached hydrogen (secondary N) is 1. The summed E-state index contributed by atoms with van der Waals surface area (Å²) in [5, 5.41) is 7.97. The molecule has 2 aliphatic carbocycles. The van der Waals surface area contributed by atoms with Crippen molar-refractivity contribution in [2.24, 2.45) is 18.9 Å². The second kappa shape index (κ2) is 3.09. The van der Waals surface area contributed by atoms with Gasteiger partial charge in [-0.25, -0.2) is 0 Å². The van der Waals surface area contributed by atoms with E-state index in [1.165, 1.54) is 19.3 Å². The van der Waals surface area contributed by atoms with E-state index in [0.717, 1.165) is 30.1 Å². The molecule has 1 heterocycles. The Bertz CT molecular complexity index is 321. The van der Waals surface area contributed by atoms with Crippen molar-refractivity contribution in [2.45, 2.75) is 31.8 Å². The van der Waals surface area contributed by atoms with Crippen molar-refractivity contribution >= 4 is 0 Å². The van der Waals surface area contributed by atoms with Gasteiger partial charge in [0.15, 0.2) is 0 Å². The zero-order valence-electron chi connectivity index (χ0n) is 8.61. The van der Waals surface area contributed by atoms with E-state index in [1.807, 2.05) is 17.9 Å². The molecule has 3 nitrogen and oxygen atoms in total. The fraction of sp³-hybridized carbons (Fsp3) is 0.727. The van der Waals surface area contributed by atoms with Crippen molar-refractivity contribution in [2.75, 3.05) is 0 Å². The average molecular weight is 191 g/mol. The molecule has 0 radical (unpaired) electrons. The summed E-state index contributed by atoms with van der Waals surface area (Å²) in [5.41, 5.74) is 1.16. The van der Waals surface area contributed by atoms with E-state index >= 15 is 0 Å². The molecule has 14 heavy (non-hydrogen) atoms. The summed E-state index contributed by atoms with van der Waals surface area (Å²) < 4.78 is 1.87. The fourth-order valence-corrected chi connectivity index (χ4v) is 2.90. The topological polar surface area (TPSA) is 29.9 Å². The zero-order valence-corrected chi connectivity index (χ0v) is 8.61. The second-order valence-electron chi connectivity index (χ2n) is 4.65. The minimum atomic E-state index is 0.811. The number of hydrogen-bond acceptors (Lipinski definition) is 2. The molecule has 1 N–H and O–H groups in total. The first-order chi connectivity index (χ1) is 6.84. The van der Waals surface area contributed by atoms with Gasteiger partial charge in [0.25, 0.3) is 0 Å². The van der Waals surface area contributed by atoms with Gasteiger partial charge in [-0.05, 0) is 30.7 Å². The van der Waals surface area contributed by atoms with Gasteiger partial charge in [0.2, 0.25) is 0 Å². The summed E-state index contributed by atoms with van der Waals surface area (Å²) in [4.78, 5) is 0. The summed E-state index contributed by atoms with van der Waals surface area (Å²) in [6.45, 7) is 0.943. The summed E-state index contributed by atoms with van der Waals surface area (Å²) in [5.74, 6) is 2.00. The van der Waals surface area contributed by atoms with Gasteiger partial charge in [-0.15, -0.1) is 0 Å². The van der Waals surface area contributed by atoms with Crippen LogP contribution in [0.15, 0.2) is 12.3 Å². The summed E-state index contributed by atoms with van der Waals surface area (Å²) in [6.07, 6.45) is 6.36. The molecule has 2 fully saturated rings. The SMILES string of the molecule is Cn1ccc(CNC2C3CCCC32)n1. The van der Waals surface area contributed by atoms with Crippen LogP contribution in [0.1, 0.15) is 25.0 Å². The van der Waals surface area contributed by atoms with Crippen molar-refractivity contribution in [1.82, 2.24) is 15.1 Å². The Hall–Kier alpha value is -0.830. The van der Waals surface area contributed by atoms with E-state index in [-0.39, 0.29) is 0 Å². The van der Waals surface area contributed by atoms with Gasteiger partial charge >= 0.3 is 0 Å². The van der Waals surface area contributed by atoms with Crippen LogP contribution in [0, 0.1) is 11.8 Å². The lowest BCUT2D eigenvalue weighted by atomic mass is 10.2. The number of aryl methyl sites for hydroxylation is 1. The van der Waals surface area contributed by atoms with E-state index in [2.05, 4.69) is 16.5 Å². The van der Waals surface area contributed by atoms with Crippen molar-refractivity contribution in [3.05, 3.63) is 18.0 Å². The minimum Gasteiger partial charge on any atom is -0.308 e. The molecule has 0 aliphatic heterocycles. The molecular formula is C11H17N3. The van der Waals surface area contributed by atoms with Gasteiger partial charge in [-0.2, -0.15) is 5.10 Å². The van der Waals surface area contributed by atoms with E-state index in [0.29, 0.717) is 0 Å². The van der Waals surface area contributed by atoms with Crippen molar-refractivity contribution in [1.29, 1.82) is 0 Å². The summed E-state index contributed by atoms with van der Waals surface area (Å²) in [6, 6.07) is 2.90. The Morgan fingerprint density at radius 2 is 2.29 bits per heavy atom. The minimum absolute atomic E-state index is 0.811. The maximum Gasteiger partial charge on any atom is 0.0762 e. The van der Waals surface area contributed by atoms with Crippen LogP contribution >= 0.6 is 0 Å². The number of fused-ring (bicyclic) bond motifs is 1. The fourth-order valence-electron chi connectivity index (χ4n) is 2.90. The summed E-state index contributed by atoms with van der Waals surface area (Å²) in [7, 11) is 1.97. The predicted molar refractivity (Wildman–Crippen MR) is 54.7 cm³/mol. The monoisotopic (exact) mass is 191 g/mol. The quantitative estimate of drug-likeness (QED) is 0.780. The van der Waals surface area contributed by atoms with Gasteiger partial charge in [-0.3, -0.25) is 4.68 Å². The highest BCUT2D eigenvalue weighted by Gasteiger charge is 2.51. The number of rotatable bonds is 3. The van der Waals surface area contributed by atoms with Crippen LogP contribution in [0.25, 0.3) is 0 Å². The van der Waals surface area contributed by atoms with Gasteiger partial charge in [0.1, 0.15) is 0 Å². The highest BCUT2D eigenvalue weighted by atomic mass is 15.3. The molecule has 0 spiro atoms. The molecule has 76 valence electrons. The molecule has 0 saturated heterocycles. The van der Waals surface area contributed by atoms with Crippen molar-refractivity contribution < 1.29 is 0 Å². The maximum absolute atomic E-state index is 4.36. The third-order valence-electron chi connectivity index (χ3n) is 3.69. The first kappa shape index (κ1) is 8.48. The smallest absolute Gasteiger partial charge is 0.0762 e. The molecule has 3 heteroatoms. The molecule has 0 bridgehead atoms. The number of aromatic nitrogens is 2.